The molecule has 0 saturated carbocycles. The van der Waals surface area contributed by atoms with Gasteiger partial charge in [-0.1, -0.05) is 34.8 Å². The monoisotopic (exact) mass is 330 g/mol. The molecular weight excluding hydrogens is 312 g/mol. The Morgan fingerprint density at radius 3 is 2.96 bits per heavy atom. The molecule has 0 aliphatic carbocycles. The fourth-order valence-electron chi connectivity index (χ4n) is 3.36. The first-order valence-electron chi connectivity index (χ1n) is 7.77. The summed E-state index contributed by atoms with van der Waals surface area (Å²) in [6.45, 7) is 3.83. The highest BCUT2D eigenvalue weighted by molar-refractivity contribution is 7.03. The van der Waals surface area contributed by atoms with Gasteiger partial charge < -0.3 is 9.64 Å². The van der Waals surface area contributed by atoms with Crippen molar-refractivity contribution in [2.75, 3.05) is 26.2 Å². The number of rotatable bonds is 3. The molecule has 120 valence electrons. The smallest absolute Gasteiger partial charge is 0.275 e. The van der Waals surface area contributed by atoms with Crippen LogP contribution in [0, 0.1) is 0 Å². The lowest BCUT2D eigenvalue weighted by atomic mass is 10.1. The maximum absolute atomic E-state index is 12.5. The van der Waals surface area contributed by atoms with Crippen LogP contribution in [0.4, 0.5) is 0 Å². The van der Waals surface area contributed by atoms with Gasteiger partial charge in [0.25, 0.3) is 5.91 Å². The zero-order valence-electron chi connectivity index (χ0n) is 12.7. The minimum absolute atomic E-state index is 0.0450. The fraction of sp³-hybridized carbons (Fsp3) is 0.438. The summed E-state index contributed by atoms with van der Waals surface area (Å²) >= 11 is 1.20. The summed E-state index contributed by atoms with van der Waals surface area (Å²) in [5.41, 5.74) is 1.73. The Morgan fingerprint density at radius 1 is 1.30 bits per heavy atom. The number of hydrogen-bond donors (Lipinski definition) is 0. The molecule has 4 rings (SSSR count). The Hall–Kier alpha value is -1.83. The lowest BCUT2D eigenvalue weighted by molar-refractivity contribution is -0.0503. The average Bonchev–Trinajstić information content (AvgIpc) is 3.25. The van der Waals surface area contributed by atoms with Gasteiger partial charge in [-0.3, -0.25) is 9.69 Å². The van der Waals surface area contributed by atoms with E-state index in [0.29, 0.717) is 25.4 Å². The third kappa shape index (κ3) is 2.99. The third-order valence-electron chi connectivity index (χ3n) is 4.51. The molecule has 0 radical (unpaired) electrons. The van der Waals surface area contributed by atoms with E-state index in [-0.39, 0.29) is 18.1 Å². The molecule has 2 atom stereocenters. The second-order valence-corrected chi connectivity index (χ2v) is 6.54. The predicted molar refractivity (Wildman–Crippen MR) is 86.2 cm³/mol. The predicted octanol–water partition coefficient (Wildman–Crippen LogP) is 1.26. The second kappa shape index (κ2) is 6.35. The molecule has 1 aromatic heterocycles. The van der Waals surface area contributed by atoms with E-state index in [0.717, 1.165) is 13.1 Å². The van der Waals surface area contributed by atoms with Crippen LogP contribution >= 0.6 is 11.5 Å². The standard InChI is InChI=1S/C16H18N4O2S/c21-16(13-11-23-18-17-13)20-9-14-15(10-20)22-7-6-19(14)8-12-4-2-1-3-5-12/h1-5,11,14-15H,6-10H2/t14-,15+/m1/s1. The number of hydrogen-bond acceptors (Lipinski definition) is 6. The number of nitrogens with zero attached hydrogens (tertiary/aromatic N) is 4. The molecule has 1 amide bonds. The summed E-state index contributed by atoms with van der Waals surface area (Å²) in [5, 5.41) is 5.59. The number of fused-ring (bicyclic) bond motifs is 1. The minimum atomic E-state index is -0.0450. The van der Waals surface area contributed by atoms with Crippen molar-refractivity contribution >= 4 is 17.4 Å². The lowest BCUT2D eigenvalue weighted by Gasteiger charge is -2.36. The van der Waals surface area contributed by atoms with E-state index in [1.807, 2.05) is 11.0 Å². The van der Waals surface area contributed by atoms with Gasteiger partial charge in [-0.15, -0.1) is 5.10 Å². The Kier molecular flexibility index (Phi) is 4.07. The molecule has 0 spiro atoms. The molecule has 1 aromatic carbocycles. The number of morpholine rings is 1. The quantitative estimate of drug-likeness (QED) is 0.848. The maximum atomic E-state index is 12.5. The number of benzene rings is 1. The fourth-order valence-corrected chi connectivity index (χ4v) is 3.79. The highest BCUT2D eigenvalue weighted by Crippen LogP contribution is 2.25. The van der Waals surface area contributed by atoms with Gasteiger partial charge in [-0.05, 0) is 17.1 Å². The SMILES string of the molecule is O=C(c1csnn1)N1C[C@@H]2OCCN(Cc3ccccc3)[C@@H]2C1. The second-order valence-electron chi connectivity index (χ2n) is 5.93. The molecule has 0 bridgehead atoms. The van der Waals surface area contributed by atoms with Crippen molar-refractivity contribution in [2.24, 2.45) is 0 Å². The number of ether oxygens (including phenoxy) is 1. The number of amides is 1. The molecule has 2 fully saturated rings. The van der Waals surface area contributed by atoms with E-state index in [2.05, 4.69) is 38.8 Å². The third-order valence-corrected chi connectivity index (χ3v) is 5.02. The molecule has 6 nitrogen and oxygen atoms in total. The van der Waals surface area contributed by atoms with Gasteiger partial charge in [0.2, 0.25) is 0 Å². The normalized spacial score (nSPS) is 24.6. The van der Waals surface area contributed by atoms with E-state index >= 15 is 0 Å². The van der Waals surface area contributed by atoms with Gasteiger partial charge in [-0.2, -0.15) is 0 Å². The van der Waals surface area contributed by atoms with Crippen molar-refractivity contribution in [1.82, 2.24) is 19.4 Å². The van der Waals surface area contributed by atoms with E-state index in [4.69, 9.17) is 4.74 Å². The van der Waals surface area contributed by atoms with Crippen molar-refractivity contribution in [1.29, 1.82) is 0 Å². The summed E-state index contributed by atoms with van der Waals surface area (Å²) in [7, 11) is 0. The first kappa shape index (κ1) is 14.7. The van der Waals surface area contributed by atoms with Crippen LogP contribution in [0.5, 0.6) is 0 Å². The molecule has 23 heavy (non-hydrogen) atoms. The van der Waals surface area contributed by atoms with Gasteiger partial charge in [0, 0.05) is 31.6 Å². The van der Waals surface area contributed by atoms with Crippen molar-refractivity contribution in [3.05, 3.63) is 47.0 Å². The van der Waals surface area contributed by atoms with Gasteiger partial charge in [-0.25, -0.2) is 0 Å². The van der Waals surface area contributed by atoms with Crippen LogP contribution in [0.3, 0.4) is 0 Å². The molecule has 2 aromatic rings. The largest absolute Gasteiger partial charge is 0.373 e. The first-order chi connectivity index (χ1) is 11.3. The van der Waals surface area contributed by atoms with E-state index < -0.39 is 0 Å². The highest BCUT2D eigenvalue weighted by atomic mass is 32.1. The van der Waals surface area contributed by atoms with Crippen LogP contribution in [0.1, 0.15) is 16.1 Å². The van der Waals surface area contributed by atoms with Crippen LogP contribution in [-0.2, 0) is 11.3 Å². The summed E-state index contributed by atoms with van der Waals surface area (Å²) in [6, 6.07) is 10.7. The summed E-state index contributed by atoms with van der Waals surface area (Å²) in [6.07, 6.45) is 0.0861. The highest BCUT2D eigenvalue weighted by Gasteiger charge is 2.42. The molecule has 2 aliphatic rings. The van der Waals surface area contributed by atoms with Gasteiger partial charge in [0.05, 0.1) is 18.8 Å². The van der Waals surface area contributed by atoms with Crippen LogP contribution < -0.4 is 0 Å². The number of carbonyl (C=O) groups is 1. The molecule has 0 unspecified atom stereocenters. The topological polar surface area (TPSA) is 58.6 Å². The molecule has 7 heteroatoms. The zero-order chi connectivity index (χ0) is 15.6. The molecule has 0 N–H and O–H groups in total. The van der Waals surface area contributed by atoms with Crippen molar-refractivity contribution in [2.45, 2.75) is 18.7 Å². The maximum Gasteiger partial charge on any atom is 0.275 e. The summed E-state index contributed by atoms with van der Waals surface area (Å²) in [4.78, 5) is 16.7. The Morgan fingerprint density at radius 2 is 2.17 bits per heavy atom. The number of likely N-dealkylation sites (tertiary alicyclic amines) is 1. The van der Waals surface area contributed by atoms with Crippen molar-refractivity contribution < 1.29 is 9.53 Å². The first-order valence-corrected chi connectivity index (χ1v) is 8.61. The molecule has 2 saturated heterocycles. The van der Waals surface area contributed by atoms with Crippen LogP contribution in [0.25, 0.3) is 0 Å². The van der Waals surface area contributed by atoms with Crippen LogP contribution in [-0.4, -0.2) is 63.7 Å². The average molecular weight is 330 g/mol. The van der Waals surface area contributed by atoms with E-state index in [1.165, 1.54) is 17.1 Å². The lowest BCUT2D eigenvalue weighted by Crippen LogP contribution is -2.50. The Bertz CT molecular complexity index is 664. The van der Waals surface area contributed by atoms with Crippen LogP contribution in [0.15, 0.2) is 35.7 Å². The van der Waals surface area contributed by atoms with Gasteiger partial charge in [0.15, 0.2) is 5.69 Å². The summed E-state index contributed by atoms with van der Waals surface area (Å²) < 4.78 is 9.68. The number of carbonyl (C=O) groups excluding carboxylic acids is 1. The van der Waals surface area contributed by atoms with Gasteiger partial charge in [0.1, 0.15) is 0 Å². The minimum Gasteiger partial charge on any atom is -0.373 e. The Labute approximate surface area is 138 Å². The van der Waals surface area contributed by atoms with E-state index in [1.54, 1.807) is 5.38 Å². The van der Waals surface area contributed by atoms with E-state index in [9.17, 15) is 4.79 Å². The van der Waals surface area contributed by atoms with Crippen molar-refractivity contribution in [3.63, 3.8) is 0 Å². The number of aromatic nitrogens is 2. The zero-order valence-corrected chi connectivity index (χ0v) is 13.5. The van der Waals surface area contributed by atoms with Gasteiger partial charge >= 0.3 is 0 Å². The van der Waals surface area contributed by atoms with Crippen molar-refractivity contribution in [3.8, 4) is 0 Å². The Balaban J connectivity index is 1.47. The molecular formula is C16H18N4O2S. The molecule has 3 heterocycles. The summed E-state index contributed by atoms with van der Waals surface area (Å²) in [5.74, 6) is -0.0450. The van der Waals surface area contributed by atoms with Crippen LogP contribution in [0.2, 0.25) is 0 Å². The molecule has 2 aliphatic heterocycles.